The average Bonchev–Trinajstić information content (AvgIpc) is 3.09. The van der Waals surface area contributed by atoms with Gasteiger partial charge in [-0.1, -0.05) is 23.4 Å². The van der Waals surface area contributed by atoms with E-state index < -0.39 is 0 Å². The monoisotopic (exact) mass is 423 g/mol. The average molecular weight is 424 g/mol. The van der Waals surface area contributed by atoms with E-state index in [1.165, 1.54) is 0 Å². The number of carbonyl (C=O) groups is 1. The molecule has 7 heteroatoms. The van der Waals surface area contributed by atoms with Gasteiger partial charge in [-0.15, -0.1) is 0 Å². The third kappa shape index (κ3) is 5.64. The lowest BCUT2D eigenvalue weighted by Gasteiger charge is -2.25. The molecule has 1 aromatic heterocycles. The third-order valence-electron chi connectivity index (χ3n) is 5.22. The normalized spacial score (nSPS) is 11.9. The van der Waals surface area contributed by atoms with Crippen molar-refractivity contribution in [3.05, 3.63) is 76.7 Å². The quantitative estimate of drug-likeness (QED) is 0.562. The van der Waals surface area contributed by atoms with Gasteiger partial charge < -0.3 is 24.2 Å². The number of nitrogens with zero attached hydrogens (tertiary/aromatic N) is 2. The van der Waals surface area contributed by atoms with Gasteiger partial charge in [-0.3, -0.25) is 4.79 Å². The van der Waals surface area contributed by atoms with Crippen molar-refractivity contribution in [1.82, 2.24) is 15.4 Å². The maximum Gasteiger partial charge on any atom is 0.251 e. The summed E-state index contributed by atoms with van der Waals surface area (Å²) in [6.45, 7) is 4.53. The van der Waals surface area contributed by atoms with Crippen LogP contribution in [0.3, 0.4) is 0 Å². The van der Waals surface area contributed by atoms with Crippen LogP contribution in [-0.2, 0) is 6.61 Å². The summed E-state index contributed by atoms with van der Waals surface area (Å²) in [5.41, 5.74) is 3.33. The van der Waals surface area contributed by atoms with Gasteiger partial charge in [-0.05, 0) is 63.8 Å². The molecular formula is C24H29N3O4. The lowest BCUT2D eigenvalue weighted by atomic mass is 10.1. The van der Waals surface area contributed by atoms with Gasteiger partial charge >= 0.3 is 0 Å². The molecule has 1 unspecified atom stereocenters. The van der Waals surface area contributed by atoms with Crippen molar-refractivity contribution in [3.63, 3.8) is 0 Å². The number of aryl methyl sites for hydroxylation is 2. The Labute approximate surface area is 182 Å². The fourth-order valence-corrected chi connectivity index (χ4v) is 3.33. The van der Waals surface area contributed by atoms with Gasteiger partial charge in [0.25, 0.3) is 5.91 Å². The molecule has 0 aliphatic heterocycles. The predicted octanol–water partition coefficient (Wildman–Crippen LogP) is 3.91. The summed E-state index contributed by atoms with van der Waals surface area (Å²) in [6, 6.07) is 15.0. The lowest BCUT2D eigenvalue weighted by molar-refractivity contribution is 0.0941. The molecule has 164 valence electrons. The predicted molar refractivity (Wildman–Crippen MR) is 119 cm³/mol. The molecule has 1 amide bonds. The van der Waals surface area contributed by atoms with Gasteiger partial charge in [0.2, 0.25) is 0 Å². The molecule has 1 heterocycles. The first-order chi connectivity index (χ1) is 14.9. The SMILES string of the molecule is COc1cccc(C(CNC(=O)c2cccc(OCc3c(C)noc3C)c2)N(C)C)c1. The summed E-state index contributed by atoms with van der Waals surface area (Å²) in [6.07, 6.45) is 0. The fourth-order valence-electron chi connectivity index (χ4n) is 3.33. The zero-order chi connectivity index (χ0) is 22.4. The Kier molecular flexibility index (Phi) is 7.31. The van der Waals surface area contributed by atoms with Crippen molar-refractivity contribution in [1.29, 1.82) is 0 Å². The van der Waals surface area contributed by atoms with Crippen molar-refractivity contribution in [2.45, 2.75) is 26.5 Å². The molecule has 0 fully saturated rings. The highest BCUT2D eigenvalue weighted by Gasteiger charge is 2.17. The maximum absolute atomic E-state index is 12.8. The number of rotatable bonds is 9. The number of ether oxygens (including phenoxy) is 2. The number of amides is 1. The van der Waals surface area contributed by atoms with Crippen LogP contribution in [0.1, 0.15) is 39.0 Å². The number of hydrogen-bond acceptors (Lipinski definition) is 6. The molecule has 7 nitrogen and oxygen atoms in total. The van der Waals surface area contributed by atoms with Gasteiger partial charge in [-0.25, -0.2) is 0 Å². The topological polar surface area (TPSA) is 76.8 Å². The second-order valence-electron chi connectivity index (χ2n) is 7.59. The standard InChI is InChI=1S/C24H29N3O4/c1-16-22(17(2)31-26-16)15-30-21-11-7-9-19(13-21)24(28)25-14-23(27(3)4)18-8-6-10-20(12-18)29-5/h6-13,23H,14-15H2,1-5H3,(H,25,28). The Balaban J connectivity index is 1.64. The van der Waals surface area contributed by atoms with E-state index in [1.54, 1.807) is 19.2 Å². The van der Waals surface area contributed by atoms with Crippen LogP contribution in [0.15, 0.2) is 53.1 Å². The molecule has 31 heavy (non-hydrogen) atoms. The minimum Gasteiger partial charge on any atom is -0.497 e. The summed E-state index contributed by atoms with van der Waals surface area (Å²) in [5, 5.41) is 6.96. The van der Waals surface area contributed by atoms with Gasteiger partial charge in [-0.2, -0.15) is 0 Å². The fraction of sp³-hybridized carbons (Fsp3) is 0.333. The summed E-state index contributed by atoms with van der Waals surface area (Å²) < 4.78 is 16.4. The third-order valence-corrected chi connectivity index (χ3v) is 5.22. The van der Waals surface area contributed by atoms with Crippen molar-refractivity contribution in [2.75, 3.05) is 27.7 Å². The number of aromatic nitrogens is 1. The largest absolute Gasteiger partial charge is 0.497 e. The second-order valence-corrected chi connectivity index (χ2v) is 7.59. The summed E-state index contributed by atoms with van der Waals surface area (Å²) >= 11 is 0. The van der Waals surface area contributed by atoms with E-state index in [9.17, 15) is 4.79 Å². The van der Waals surface area contributed by atoms with Crippen LogP contribution in [-0.4, -0.2) is 43.7 Å². The van der Waals surface area contributed by atoms with E-state index in [2.05, 4.69) is 15.4 Å². The molecule has 2 aromatic carbocycles. The highest BCUT2D eigenvalue weighted by Crippen LogP contribution is 2.23. The Morgan fingerprint density at radius 2 is 1.87 bits per heavy atom. The number of carbonyl (C=O) groups excluding carboxylic acids is 1. The molecule has 0 bridgehead atoms. The maximum atomic E-state index is 12.8. The van der Waals surface area contributed by atoms with Gasteiger partial charge in [0, 0.05) is 12.1 Å². The highest BCUT2D eigenvalue weighted by molar-refractivity contribution is 5.94. The lowest BCUT2D eigenvalue weighted by Crippen LogP contribution is -2.34. The van der Waals surface area contributed by atoms with E-state index in [0.29, 0.717) is 24.5 Å². The molecule has 1 atom stereocenters. The molecule has 0 spiro atoms. The van der Waals surface area contributed by atoms with E-state index in [1.807, 2.05) is 64.3 Å². The Morgan fingerprint density at radius 1 is 1.13 bits per heavy atom. The molecule has 3 aromatic rings. The van der Waals surface area contributed by atoms with E-state index >= 15 is 0 Å². The number of likely N-dealkylation sites (N-methyl/N-ethyl adjacent to an activating group) is 1. The molecule has 0 saturated carbocycles. The van der Waals surface area contributed by atoms with Gasteiger partial charge in [0.15, 0.2) is 0 Å². The van der Waals surface area contributed by atoms with Gasteiger partial charge in [0.05, 0.1) is 24.4 Å². The van der Waals surface area contributed by atoms with Crippen LogP contribution < -0.4 is 14.8 Å². The molecular weight excluding hydrogens is 394 g/mol. The second kappa shape index (κ2) is 10.1. The smallest absolute Gasteiger partial charge is 0.251 e. The Hall–Kier alpha value is -3.32. The van der Waals surface area contributed by atoms with E-state index in [0.717, 1.165) is 28.3 Å². The summed E-state index contributed by atoms with van der Waals surface area (Å²) in [5.74, 6) is 1.99. The summed E-state index contributed by atoms with van der Waals surface area (Å²) in [4.78, 5) is 14.9. The van der Waals surface area contributed by atoms with Crippen LogP contribution in [0.25, 0.3) is 0 Å². The van der Waals surface area contributed by atoms with Crippen LogP contribution >= 0.6 is 0 Å². The van der Waals surface area contributed by atoms with Crippen molar-refractivity contribution < 1.29 is 18.8 Å². The Morgan fingerprint density at radius 3 is 2.55 bits per heavy atom. The van der Waals surface area contributed by atoms with Crippen molar-refractivity contribution >= 4 is 5.91 Å². The molecule has 0 saturated heterocycles. The molecule has 3 rings (SSSR count). The van der Waals surface area contributed by atoms with Gasteiger partial charge in [0.1, 0.15) is 23.9 Å². The number of nitrogens with one attached hydrogen (secondary N) is 1. The molecule has 0 radical (unpaired) electrons. The van der Waals surface area contributed by atoms with Crippen molar-refractivity contribution in [3.8, 4) is 11.5 Å². The number of methoxy groups -OCH3 is 1. The zero-order valence-corrected chi connectivity index (χ0v) is 18.6. The summed E-state index contributed by atoms with van der Waals surface area (Å²) in [7, 11) is 5.62. The highest BCUT2D eigenvalue weighted by atomic mass is 16.5. The first-order valence-corrected chi connectivity index (χ1v) is 10.1. The van der Waals surface area contributed by atoms with Crippen molar-refractivity contribution in [2.24, 2.45) is 0 Å². The molecule has 0 aliphatic rings. The first-order valence-electron chi connectivity index (χ1n) is 10.1. The minimum atomic E-state index is -0.155. The zero-order valence-electron chi connectivity index (χ0n) is 18.6. The van der Waals surface area contributed by atoms with Crippen LogP contribution in [0.4, 0.5) is 0 Å². The van der Waals surface area contributed by atoms with E-state index in [4.69, 9.17) is 14.0 Å². The van der Waals surface area contributed by atoms with Crippen LogP contribution in [0, 0.1) is 13.8 Å². The number of benzene rings is 2. The van der Waals surface area contributed by atoms with Crippen LogP contribution in [0.2, 0.25) is 0 Å². The minimum absolute atomic E-state index is 0.0121. The Bertz CT molecular complexity index is 1010. The number of hydrogen-bond donors (Lipinski definition) is 1. The first kappa shape index (κ1) is 22.4. The molecule has 1 N–H and O–H groups in total. The van der Waals surface area contributed by atoms with E-state index in [-0.39, 0.29) is 11.9 Å². The molecule has 0 aliphatic carbocycles. The van der Waals surface area contributed by atoms with Crippen LogP contribution in [0.5, 0.6) is 11.5 Å².